The highest BCUT2D eigenvalue weighted by molar-refractivity contribution is 6.35. The van der Waals surface area contributed by atoms with Crippen molar-refractivity contribution >= 4 is 23.2 Å². The van der Waals surface area contributed by atoms with Gasteiger partial charge in [0.05, 0.1) is 6.10 Å². The SMILES string of the molecule is CCOCCC(O)Cc1c(Cl)cccc1Cl. The van der Waals surface area contributed by atoms with Gasteiger partial charge in [0.1, 0.15) is 0 Å². The monoisotopic (exact) mass is 262 g/mol. The van der Waals surface area contributed by atoms with Gasteiger partial charge in [0.25, 0.3) is 0 Å². The molecule has 0 bridgehead atoms. The van der Waals surface area contributed by atoms with Crippen LogP contribution in [0.25, 0.3) is 0 Å². The summed E-state index contributed by atoms with van der Waals surface area (Å²) in [4.78, 5) is 0. The van der Waals surface area contributed by atoms with E-state index in [0.29, 0.717) is 36.1 Å². The van der Waals surface area contributed by atoms with Crippen LogP contribution in [0.5, 0.6) is 0 Å². The first-order chi connectivity index (χ1) is 7.65. The Balaban J connectivity index is 2.52. The van der Waals surface area contributed by atoms with Crippen molar-refractivity contribution in [3.05, 3.63) is 33.8 Å². The second-order valence-electron chi connectivity index (χ2n) is 3.54. The van der Waals surface area contributed by atoms with Gasteiger partial charge < -0.3 is 9.84 Å². The smallest absolute Gasteiger partial charge is 0.0603 e. The molecule has 1 rings (SSSR count). The molecule has 1 atom stereocenters. The number of hydrogen-bond donors (Lipinski definition) is 1. The third-order valence-corrected chi connectivity index (χ3v) is 3.01. The van der Waals surface area contributed by atoms with Crippen molar-refractivity contribution in [2.75, 3.05) is 13.2 Å². The molecule has 1 aromatic rings. The van der Waals surface area contributed by atoms with Gasteiger partial charge in [-0.1, -0.05) is 29.3 Å². The van der Waals surface area contributed by atoms with E-state index in [1.807, 2.05) is 6.92 Å². The Labute approximate surface area is 106 Å². The molecule has 1 unspecified atom stereocenters. The van der Waals surface area contributed by atoms with Crippen molar-refractivity contribution in [2.24, 2.45) is 0 Å². The molecule has 1 N–H and O–H groups in total. The Morgan fingerprint density at radius 3 is 2.50 bits per heavy atom. The van der Waals surface area contributed by atoms with Gasteiger partial charge >= 0.3 is 0 Å². The minimum absolute atomic E-state index is 0.464. The highest BCUT2D eigenvalue weighted by Gasteiger charge is 2.11. The van der Waals surface area contributed by atoms with Gasteiger partial charge in [0.2, 0.25) is 0 Å². The zero-order chi connectivity index (χ0) is 12.0. The summed E-state index contributed by atoms with van der Waals surface area (Å²) >= 11 is 12.0. The predicted molar refractivity (Wildman–Crippen MR) is 67.3 cm³/mol. The van der Waals surface area contributed by atoms with Crippen molar-refractivity contribution < 1.29 is 9.84 Å². The molecule has 0 saturated carbocycles. The molecule has 0 aliphatic heterocycles. The van der Waals surface area contributed by atoms with Crippen molar-refractivity contribution in [3.63, 3.8) is 0 Å². The number of aliphatic hydroxyl groups is 1. The first-order valence-corrected chi connectivity index (χ1v) is 6.09. The van der Waals surface area contributed by atoms with Crippen LogP contribution < -0.4 is 0 Å². The van der Waals surface area contributed by atoms with E-state index >= 15 is 0 Å². The highest BCUT2D eigenvalue weighted by Crippen LogP contribution is 2.25. The lowest BCUT2D eigenvalue weighted by molar-refractivity contribution is 0.0887. The highest BCUT2D eigenvalue weighted by atomic mass is 35.5. The summed E-state index contributed by atoms with van der Waals surface area (Å²) in [6, 6.07) is 5.34. The molecule has 0 fully saturated rings. The molecule has 0 radical (unpaired) electrons. The van der Waals surface area contributed by atoms with E-state index in [2.05, 4.69) is 0 Å². The largest absolute Gasteiger partial charge is 0.393 e. The van der Waals surface area contributed by atoms with Crippen LogP contribution in [0.1, 0.15) is 18.9 Å². The average Bonchev–Trinajstić information content (AvgIpc) is 2.24. The molecule has 90 valence electrons. The summed E-state index contributed by atoms with van der Waals surface area (Å²) in [5.74, 6) is 0. The fourth-order valence-corrected chi connectivity index (χ4v) is 1.98. The number of halogens is 2. The maximum atomic E-state index is 9.78. The van der Waals surface area contributed by atoms with Gasteiger partial charge in [-0.05, 0) is 31.0 Å². The summed E-state index contributed by atoms with van der Waals surface area (Å²) in [7, 11) is 0. The molecule has 0 aliphatic carbocycles. The van der Waals surface area contributed by atoms with E-state index in [-0.39, 0.29) is 0 Å². The molecule has 1 aromatic carbocycles. The molecule has 0 aliphatic rings. The summed E-state index contributed by atoms with van der Waals surface area (Å²) in [5, 5.41) is 11.0. The molecule has 0 saturated heterocycles. The number of aliphatic hydroxyl groups excluding tert-OH is 1. The van der Waals surface area contributed by atoms with E-state index in [9.17, 15) is 5.11 Å². The quantitative estimate of drug-likeness (QED) is 0.798. The van der Waals surface area contributed by atoms with Gasteiger partial charge in [-0.2, -0.15) is 0 Å². The Kier molecular flexibility index (Phi) is 6.14. The molecule has 0 amide bonds. The molecule has 0 heterocycles. The number of benzene rings is 1. The summed E-state index contributed by atoms with van der Waals surface area (Å²) in [5.41, 5.74) is 0.801. The molecule has 0 spiro atoms. The van der Waals surface area contributed by atoms with E-state index in [0.717, 1.165) is 5.56 Å². The van der Waals surface area contributed by atoms with Gasteiger partial charge in [0.15, 0.2) is 0 Å². The van der Waals surface area contributed by atoms with Gasteiger partial charge in [0, 0.05) is 29.7 Å². The molecule has 2 nitrogen and oxygen atoms in total. The lowest BCUT2D eigenvalue weighted by Gasteiger charge is -2.12. The predicted octanol–water partition coefficient (Wildman–Crippen LogP) is 3.32. The maximum absolute atomic E-state index is 9.78. The van der Waals surface area contributed by atoms with Crippen LogP contribution in [0.4, 0.5) is 0 Å². The second-order valence-corrected chi connectivity index (χ2v) is 4.36. The fraction of sp³-hybridized carbons (Fsp3) is 0.500. The van der Waals surface area contributed by atoms with E-state index in [4.69, 9.17) is 27.9 Å². The van der Waals surface area contributed by atoms with Crippen molar-refractivity contribution in [2.45, 2.75) is 25.9 Å². The van der Waals surface area contributed by atoms with Crippen LogP contribution >= 0.6 is 23.2 Å². The van der Waals surface area contributed by atoms with Crippen LogP contribution in [0, 0.1) is 0 Å². The number of rotatable bonds is 6. The zero-order valence-electron chi connectivity index (χ0n) is 9.25. The lowest BCUT2D eigenvalue weighted by Crippen LogP contribution is -2.14. The lowest BCUT2D eigenvalue weighted by atomic mass is 10.1. The first-order valence-electron chi connectivity index (χ1n) is 5.33. The standard InChI is InChI=1S/C12H16Cl2O2/c1-2-16-7-6-9(15)8-10-11(13)4-3-5-12(10)14/h3-5,9,15H,2,6-8H2,1H3. The second kappa shape index (κ2) is 7.13. The van der Waals surface area contributed by atoms with Crippen LogP contribution in [0.3, 0.4) is 0 Å². The van der Waals surface area contributed by atoms with Crippen molar-refractivity contribution in [3.8, 4) is 0 Å². The maximum Gasteiger partial charge on any atom is 0.0603 e. The van der Waals surface area contributed by atoms with Crippen LogP contribution in [0.15, 0.2) is 18.2 Å². The van der Waals surface area contributed by atoms with Crippen LogP contribution in [-0.4, -0.2) is 24.4 Å². The van der Waals surface area contributed by atoms with Gasteiger partial charge in [-0.25, -0.2) is 0 Å². The minimum atomic E-state index is -0.469. The summed E-state index contributed by atoms with van der Waals surface area (Å²) in [6.45, 7) is 3.15. The third-order valence-electron chi connectivity index (χ3n) is 2.30. The van der Waals surface area contributed by atoms with Crippen molar-refractivity contribution in [1.82, 2.24) is 0 Å². The fourth-order valence-electron chi connectivity index (χ4n) is 1.43. The van der Waals surface area contributed by atoms with Crippen molar-refractivity contribution in [1.29, 1.82) is 0 Å². The molecular formula is C12H16Cl2O2. The van der Waals surface area contributed by atoms with Gasteiger partial charge in [-0.15, -0.1) is 0 Å². The molecule has 4 heteroatoms. The molecule has 16 heavy (non-hydrogen) atoms. The van der Waals surface area contributed by atoms with Crippen LogP contribution in [-0.2, 0) is 11.2 Å². The van der Waals surface area contributed by atoms with E-state index in [1.165, 1.54) is 0 Å². The Morgan fingerprint density at radius 2 is 1.94 bits per heavy atom. The Bertz CT molecular complexity index is 309. The number of ether oxygens (including phenoxy) is 1. The Morgan fingerprint density at radius 1 is 1.31 bits per heavy atom. The normalized spacial score (nSPS) is 12.8. The first kappa shape index (κ1) is 13.8. The third kappa shape index (κ3) is 4.30. The average molecular weight is 263 g/mol. The molecular weight excluding hydrogens is 247 g/mol. The topological polar surface area (TPSA) is 29.5 Å². The summed E-state index contributed by atoms with van der Waals surface area (Å²) < 4.78 is 5.18. The zero-order valence-corrected chi connectivity index (χ0v) is 10.8. The van der Waals surface area contributed by atoms with Crippen LogP contribution in [0.2, 0.25) is 10.0 Å². The molecule has 0 aromatic heterocycles. The summed E-state index contributed by atoms with van der Waals surface area (Å²) in [6.07, 6.45) is 0.588. The van der Waals surface area contributed by atoms with E-state index < -0.39 is 6.10 Å². The van der Waals surface area contributed by atoms with Gasteiger partial charge in [-0.3, -0.25) is 0 Å². The Hall–Kier alpha value is -0.280. The van der Waals surface area contributed by atoms with E-state index in [1.54, 1.807) is 18.2 Å². The minimum Gasteiger partial charge on any atom is -0.393 e. The number of hydrogen-bond acceptors (Lipinski definition) is 2.